The number of unbranched alkanes of at least 4 members (excludes halogenated alkanes) is 4. The number of amides is 1. The second kappa shape index (κ2) is 10.9. The molecule has 0 fully saturated rings. The molecule has 1 amide bonds. The number of ether oxygens (including phenoxy) is 1. The fraction of sp³-hybridized carbons (Fsp3) is 0.611. The van der Waals surface area contributed by atoms with Crippen molar-refractivity contribution in [3.05, 3.63) is 24.3 Å². The molecule has 1 aromatic rings. The molecule has 0 radical (unpaired) electrons. The van der Waals surface area contributed by atoms with Crippen LogP contribution in [0.5, 0.6) is 5.75 Å². The van der Waals surface area contributed by atoms with E-state index in [9.17, 15) is 4.79 Å². The van der Waals surface area contributed by atoms with Crippen LogP contribution in [0.4, 0.5) is 5.69 Å². The van der Waals surface area contributed by atoms with E-state index < -0.39 is 0 Å². The molecule has 0 aliphatic rings. The molecule has 1 rings (SSSR count). The Balaban J connectivity index is 2.28. The lowest BCUT2D eigenvalue weighted by molar-refractivity contribution is -0.119. The predicted molar refractivity (Wildman–Crippen MR) is 92.5 cm³/mol. The smallest absolute Gasteiger partial charge is 0.239 e. The molecule has 22 heavy (non-hydrogen) atoms. The first-order valence-electron chi connectivity index (χ1n) is 8.38. The fourth-order valence-electron chi connectivity index (χ4n) is 2.15. The van der Waals surface area contributed by atoms with Crippen molar-refractivity contribution in [2.45, 2.75) is 58.9 Å². The summed E-state index contributed by atoms with van der Waals surface area (Å²) in [5.74, 6) is 0.849. The Morgan fingerprint density at radius 3 is 2.68 bits per heavy atom. The number of hydrogen-bond donors (Lipinski definition) is 2. The molecule has 0 saturated carbocycles. The van der Waals surface area contributed by atoms with Gasteiger partial charge in [0.15, 0.2) is 0 Å². The van der Waals surface area contributed by atoms with E-state index >= 15 is 0 Å². The molecule has 0 unspecified atom stereocenters. The molecule has 0 aliphatic carbocycles. The molecule has 0 spiro atoms. The molecule has 0 aromatic heterocycles. The summed E-state index contributed by atoms with van der Waals surface area (Å²) < 4.78 is 5.76. The topological polar surface area (TPSA) is 50.4 Å². The van der Waals surface area contributed by atoms with Gasteiger partial charge in [0.2, 0.25) is 5.91 Å². The van der Waals surface area contributed by atoms with Crippen molar-refractivity contribution in [3.8, 4) is 5.75 Å². The van der Waals surface area contributed by atoms with Crippen molar-refractivity contribution in [1.29, 1.82) is 0 Å². The highest BCUT2D eigenvalue weighted by molar-refractivity contribution is 5.80. The lowest BCUT2D eigenvalue weighted by Crippen LogP contribution is -2.34. The van der Waals surface area contributed by atoms with Gasteiger partial charge in [0.1, 0.15) is 5.75 Å². The number of carbonyl (C=O) groups is 1. The maximum absolute atomic E-state index is 11.6. The summed E-state index contributed by atoms with van der Waals surface area (Å²) >= 11 is 0. The Hall–Kier alpha value is -1.71. The van der Waals surface area contributed by atoms with Crippen LogP contribution in [0.25, 0.3) is 0 Å². The average Bonchev–Trinajstić information content (AvgIpc) is 2.48. The van der Waals surface area contributed by atoms with Gasteiger partial charge in [0.25, 0.3) is 0 Å². The average molecular weight is 306 g/mol. The van der Waals surface area contributed by atoms with E-state index in [0.29, 0.717) is 0 Å². The first-order valence-corrected chi connectivity index (χ1v) is 8.38. The highest BCUT2D eigenvalue weighted by atomic mass is 16.5. The van der Waals surface area contributed by atoms with Crippen LogP contribution < -0.4 is 15.4 Å². The quantitative estimate of drug-likeness (QED) is 0.608. The SMILES string of the molecule is CCCCCCCOc1cccc(NCC(=O)NC(C)C)c1. The monoisotopic (exact) mass is 306 g/mol. The number of nitrogens with one attached hydrogen (secondary N) is 2. The Morgan fingerprint density at radius 1 is 1.18 bits per heavy atom. The molecular weight excluding hydrogens is 276 g/mol. The zero-order chi connectivity index (χ0) is 16.2. The van der Waals surface area contributed by atoms with Gasteiger partial charge in [-0.15, -0.1) is 0 Å². The first kappa shape index (κ1) is 18.3. The summed E-state index contributed by atoms with van der Waals surface area (Å²) in [6.07, 6.45) is 6.17. The molecule has 0 heterocycles. The van der Waals surface area contributed by atoms with Gasteiger partial charge in [0.05, 0.1) is 13.2 Å². The third kappa shape index (κ3) is 8.55. The summed E-state index contributed by atoms with van der Waals surface area (Å²) in [7, 11) is 0. The number of hydrogen-bond acceptors (Lipinski definition) is 3. The van der Waals surface area contributed by atoms with Crippen LogP contribution in [-0.2, 0) is 4.79 Å². The minimum absolute atomic E-state index is 0.00255. The summed E-state index contributed by atoms with van der Waals surface area (Å²) in [6, 6.07) is 7.93. The Bertz CT molecular complexity index is 433. The van der Waals surface area contributed by atoms with Crippen LogP contribution in [0.1, 0.15) is 52.9 Å². The minimum Gasteiger partial charge on any atom is -0.494 e. The molecule has 1 aromatic carbocycles. The van der Waals surface area contributed by atoms with E-state index in [1.807, 2.05) is 38.1 Å². The maximum Gasteiger partial charge on any atom is 0.239 e. The summed E-state index contributed by atoms with van der Waals surface area (Å²) in [5.41, 5.74) is 0.905. The van der Waals surface area contributed by atoms with E-state index in [2.05, 4.69) is 17.6 Å². The highest BCUT2D eigenvalue weighted by Crippen LogP contribution is 2.17. The Labute approximate surface area is 134 Å². The van der Waals surface area contributed by atoms with Crippen molar-refractivity contribution in [1.82, 2.24) is 5.32 Å². The van der Waals surface area contributed by atoms with Gasteiger partial charge >= 0.3 is 0 Å². The van der Waals surface area contributed by atoms with Gasteiger partial charge in [0, 0.05) is 17.8 Å². The number of anilines is 1. The van der Waals surface area contributed by atoms with Gasteiger partial charge in [-0.2, -0.15) is 0 Å². The largest absolute Gasteiger partial charge is 0.494 e. The van der Waals surface area contributed by atoms with Crippen LogP contribution in [0.3, 0.4) is 0 Å². The van der Waals surface area contributed by atoms with Crippen molar-refractivity contribution >= 4 is 11.6 Å². The second-order valence-electron chi connectivity index (χ2n) is 5.87. The highest BCUT2D eigenvalue weighted by Gasteiger charge is 2.03. The van der Waals surface area contributed by atoms with Crippen LogP contribution >= 0.6 is 0 Å². The number of rotatable bonds is 11. The lowest BCUT2D eigenvalue weighted by Gasteiger charge is -2.11. The molecule has 4 nitrogen and oxygen atoms in total. The van der Waals surface area contributed by atoms with Crippen molar-refractivity contribution in [2.24, 2.45) is 0 Å². The number of carbonyl (C=O) groups excluding carboxylic acids is 1. The van der Waals surface area contributed by atoms with Gasteiger partial charge in [-0.05, 0) is 32.4 Å². The predicted octanol–water partition coefficient (Wildman–Crippen LogP) is 3.97. The molecule has 0 atom stereocenters. The Kier molecular flexibility index (Phi) is 9.12. The van der Waals surface area contributed by atoms with Crippen molar-refractivity contribution in [2.75, 3.05) is 18.5 Å². The molecule has 4 heteroatoms. The van der Waals surface area contributed by atoms with Crippen LogP contribution in [0.15, 0.2) is 24.3 Å². The van der Waals surface area contributed by atoms with Crippen LogP contribution in [0.2, 0.25) is 0 Å². The second-order valence-corrected chi connectivity index (χ2v) is 5.87. The third-order valence-corrected chi connectivity index (χ3v) is 3.25. The lowest BCUT2D eigenvalue weighted by atomic mass is 10.2. The summed E-state index contributed by atoms with van der Waals surface area (Å²) in [6.45, 7) is 7.15. The van der Waals surface area contributed by atoms with Crippen molar-refractivity contribution in [3.63, 3.8) is 0 Å². The normalized spacial score (nSPS) is 10.5. The summed E-state index contributed by atoms with van der Waals surface area (Å²) in [5, 5.41) is 5.97. The zero-order valence-corrected chi connectivity index (χ0v) is 14.2. The van der Waals surface area contributed by atoms with E-state index in [1.165, 1.54) is 25.7 Å². The summed E-state index contributed by atoms with van der Waals surface area (Å²) in [4.78, 5) is 11.6. The van der Waals surface area contributed by atoms with Gasteiger partial charge < -0.3 is 15.4 Å². The molecule has 0 saturated heterocycles. The van der Waals surface area contributed by atoms with Crippen LogP contribution in [-0.4, -0.2) is 25.1 Å². The van der Waals surface area contributed by atoms with Gasteiger partial charge in [-0.1, -0.05) is 38.7 Å². The van der Waals surface area contributed by atoms with E-state index in [0.717, 1.165) is 24.5 Å². The van der Waals surface area contributed by atoms with E-state index in [1.54, 1.807) is 0 Å². The maximum atomic E-state index is 11.6. The van der Waals surface area contributed by atoms with E-state index in [-0.39, 0.29) is 18.5 Å². The fourth-order valence-corrected chi connectivity index (χ4v) is 2.15. The minimum atomic E-state index is -0.00255. The zero-order valence-electron chi connectivity index (χ0n) is 14.2. The molecule has 0 aliphatic heterocycles. The van der Waals surface area contributed by atoms with Crippen LogP contribution in [0, 0.1) is 0 Å². The number of benzene rings is 1. The first-order chi connectivity index (χ1) is 10.6. The standard InChI is InChI=1S/C18H30N2O2/c1-4-5-6-7-8-12-22-17-11-9-10-16(13-17)19-14-18(21)20-15(2)3/h9-11,13,15,19H,4-8,12,14H2,1-3H3,(H,20,21). The molecule has 0 bridgehead atoms. The molecular formula is C18H30N2O2. The Morgan fingerprint density at radius 2 is 1.95 bits per heavy atom. The van der Waals surface area contributed by atoms with Gasteiger partial charge in [-0.3, -0.25) is 4.79 Å². The van der Waals surface area contributed by atoms with E-state index in [4.69, 9.17) is 4.74 Å². The third-order valence-electron chi connectivity index (χ3n) is 3.25. The van der Waals surface area contributed by atoms with Gasteiger partial charge in [-0.25, -0.2) is 0 Å². The molecule has 2 N–H and O–H groups in total. The molecule has 124 valence electrons. The van der Waals surface area contributed by atoms with Crippen molar-refractivity contribution < 1.29 is 9.53 Å².